The number of aromatic nitrogens is 2. The molecule has 0 N–H and O–H groups in total. The van der Waals surface area contributed by atoms with Crippen molar-refractivity contribution in [3.05, 3.63) is 23.8 Å². The summed E-state index contributed by atoms with van der Waals surface area (Å²) in [6, 6.07) is 0. The van der Waals surface area contributed by atoms with E-state index in [9.17, 15) is 9.59 Å². The van der Waals surface area contributed by atoms with E-state index in [-0.39, 0.29) is 18.9 Å². The van der Waals surface area contributed by atoms with E-state index in [0.717, 1.165) is 0 Å². The highest BCUT2D eigenvalue weighted by Gasteiger charge is 2.32. The summed E-state index contributed by atoms with van der Waals surface area (Å²) in [6.07, 6.45) is 2.87. The van der Waals surface area contributed by atoms with Crippen LogP contribution < -0.4 is 0 Å². The lowest BCUT2D eigenvalue weighted by Gasteiger charge is -2.13. The van der Waals surface area contributed by atoms with Crippen molar-refractivity contribution in [3.63, 3.8) is 0 Å². The molecule has 1 heterocycles. The molecule has 0 saturated heterocycles. The Balaban J connectivity index is 2.99. The molecule has 0 aromatic carbocycles. The molecule has 0 fully saturated rings. The van der Waals surface area contributed by atoms with Crippen molar-refractivity contribution < 1.29 is 19.1 Å². The SMILES string of the molecule is CCOC(=O)C(C(=O)OCC)c1cnc(C)cn1. The lowest BCUT2D eigenvalue weighted by Crippen LogP contribution is -2.27. The van der Waals surface area contributed by atoms with Gasteiger partial charge in [-0.25, -0.2) is 0 Å². The van der Waals surface area contributed by atoms with Gasteiger partial charge in [0.2, 0.25) is 0 Å². The molecule has 0 radical (unpaired) electrons. The van der Waals surface area contributed by atoms with E-state index in [4.69, 9.17) is 9.47 Å². The fourth-order valence-electron chi connectivity index (χ4n) is 1.34. The topological polar surface area (TPSA) is 78.4 Å². The summed E-state index contributed by atoms with van der Waals surface area (Å²) in [5.74, 6) is -2.51. The lowest BCUT2D eigenvalue weighted by atomic mass is 10.1. The van der Waals surface area contributed by atoms with E-state index in [2.05, 4.69) is 9.97 Å². The minimum atomic E-state index is -1.17. The van der Waals surface area contributed by atoms with Crippen molar-refractivity contribution in [2.75, 3.05) is 13.2 Å². The zero-order chi connectivity index (χ0) is 13.5. The van der Waals surface area contributed by atoms with Crippen molar-refractivity contribution in [3.8, 4) is 0 Å². The number of hydrogen-bond donors (Lipinski definition) is 0. The van der Waals surface area contributed by atoms with Crippen LogP contribution in [-0.2, 0) is 19.1 Å². The van der Waals surface area contributed by atoms with E-state index in [1.54, 1.807) is 20.8 Å². The molecule has 0 bridgehead atoms. The molecule has 1 aromatic rings. The van der Waals surface area contributed by atoms with E-state index in [0.29, 0.717) is 5.69 Å². The number of rotatable bonds is 5. The molecule has 0 amide bonds. The van der Waals surface area contributed by atoms with Crippen molar-refractivity contribution in [1.82, 2.24) is 9.97 Å². The van der Waals surface area contributed by atoms with Gasteiger partial charge < -0.3 is 9.47 Å². The second-order valence-corrected chi connectivity index (χ2v) is 3.52. The summed E-state index contributed by atoms with van der Waals surface area (Å²) in [6.45, 7) is 5.48. The Bertz CT molecular complexity index is 399. The smallest absolute Gasteiger partial charge is 0.326 e. The van der Waals surface area contributed by atoms with Crippen LogP contribution in [0.5, 0.6) is 0 Å². The lowest BCUT2D eigenvalue weighted by molar-refractivity contribution is -0.157. The predicted molar refractivity (Wildman–Crippen MR) is 62.8 cm³/mol. The molecule has 98 valence electrons. The highest BCUT2D eigenvalue weighted by molar-refractivity contribution is 6.00. The number of carbonyl (C=O) groups is 2. The molecular formula is C12H16N2O4. The zero-order valence-electron chi connectivity index (χ0n) is 10.7. The molecule has 1 aromatic heterocycles. The molecule has 0 aliphatic heterocycles. The summed E-state index contributed by atoms with van der Waals surface area (Å²) < 4.78 is 9.70. The van der Waals surface area contributed by atoms with Crippen molar-refractivity contribution >= 4 is 11.9 Å². The third kappa shape index (κ3) is 3.51. The van der Waals surface area contributed by atoms with Crippen LogP contribution in [0.4, 0.5) is 0 Å². The quantitative estimate of drug-likeness (QED) is 0.574. The van der Waals surface area contributed by atoms with E-state index in [1.165, 1.54) is 12.4 Å². The molecule has 0 aliphatic rings. The number of esters is 2. The summed E-state index contributed by atoms with van der Waals surface area (Å²) in [4.78, 5) is 31.5. The highest BCUT2D eigenvalue weighted by atomic mass is 16.6. The monoisotopic (exact) mass is 252 g/mol. The van der Waals surface area contributed by atoms with Gasteiger partial charge in [-0.05, 0) is 20.8 Å². The van der Waals surface area contributed by atoms with Crippen LogP contribution >= 0.6 is 0 Å². The predicted octanol–water partition coefficient (Wildman–Crippen LogP) is 0.995. The second kappa shape index (κ2) is 6.68. The average molecular weight is 252 g/mol. The first-order valence-corrected chi connectivity index (χ1v) is 5.72. The minimum Gasteiger partial charge on any atom is -0.465 e. The van der Waals surface area contributed by atoms with Gasteiger partial charge in [0.25, 0.3) is 0 Å². The van der Waals surface area contributed by atoms with Gasteiger partial charge in [0.15, 0.2) is 5.92 Å². The third-order valence-electron chi connectivity index (χ3n) is 2.14. The van der Waals surface area contributed by atoms with E-state index < -0.39 is 17.9 Å². The Hall–Kier alpha value is -1.98. The zero-order valence-corrected chi connectivity index (χ0v) is 10.7. The van der Waals surface area contributed by atoms with Gasteiger partial charge in [0.05, 0.1) is 30.8 Å². The number of nitrogens with zero attached hydrogens (tertiary/aromatic N) is 2. The van der Waals surface area contributed by atoms with Gasteiger partial charge in [0.1, 0.15) is 0 Å². The van der Waals surface area contributed by atoms with Crippen LogP contribution in [0.25, 0.3) is 0 Å². The van der Waals surface area contributed by atoms with Gasteiger partial charge in [-0.15, -0.1) is 0 Å². The minimum absolute atomic E-state index is 0.189. The van der Waals surface area contributed by atoms with Crippen LogP contribution in [-0.4, -0.2) is 35.1 Å². The standard InChI is InChI=1S/C12H16N2O4/c1-4-17-11(15)10(12(16)18-5-2)9-7-13-8(3)6-14-9/h6-7,10H,4-5H2,1-3H3. The van der Waals surface area contributed by atoms with E-state index in [1.807, 2.05) is 0 Å². The number of carbonyl (C=O) groups excluding carboxylic acids is 2. The van der Waals surface area contributed by atoms with Crippen LogP contribution in [0, 0.1) is 6.92 Å². The first-order chi connectivity index (χ1) is 8.60. The Morgan fingerprint density at radius 2 is 1.67 bits per heavy atom. The molecule has 6 heteroatoms. The largest absolute Gasteiger partial charge is 0.465 e. The van der Waals surface area contributed by atoms with Crippen molar-refractivity contribution in [1.29, 1.82) is 0 Å². The molecule has 0 aliphatic carbocycles. The molecule has 6 nitrogen and oxygen atoms in total. The summed E-state index contributed by atoms with van der Waals surface area (Å²) in [7, 11) is 0. The van der Waals surface area contributed by atoms with E-state index >= 15 is 0 Å². The molecule has 18 heavy (non-hydrogen) atoms. The molecule has 0 unspecified atom stereocenters. The van der Waals surface area contributed by atoms with Gasteiger partial charge in [-0.2, -0.15) is 0 Å². The third-order valence-corrected chi connectivity index (χ3v) is 2.14. The molecule has 0 atom stereocenters. The maximum absolute atomic E-state index is 11.8. The molecule has 0 spiro atoms. The molecule has 0 saturated carbocycles. The maximum atomic E-state index is 11.8. The van der Waals surface area contributed by atoms with Crippen LogP contribution in [0.1, 0.15) is 31.2 Å². The van der Waals surface area contributed by atoms with Crippen LogP contribution in [0.3, 0.4) is 0 Å². The van der Waals surface area contributed by atoms with Crippen molar-refractivity contribution in [2.45, 2.75) is 26.7 Å². The van der Waals surface area contributed by atoms with Crippen LogP contribution in [0.15, 0.2) is 12.4 Å². The normalized spacial score (nSPS) is 10.2. The maximum Gasteiger partial charge on any atom is 0.326 e. The first kappa shape index (κ1) is 14.1. The van der Waals surface area contributed by atoms with Crippen LogP contribution in [0.2, 0.25) is 0 Å². The van der Waals surface area contributed by atoms with Gasteiger partial charge >= 0.3 is 11.9 Å². The Labute approximate surface area is 105 Å². The fraction of sp³-hybridized carbons (Fsp3) is 0.500. The summed E-state index contributed by atoms with van der Waals surface area (Å²) >= 11 is 0. The molecule has 1 rings (SSSR count). The highest BCUT2D eigenvalue weighted by Crippen LogP contribution is 2.16. The summed E-state index contributed by atoms with van der Waals surface area (Å²) in [5.41, 5.74) is 0.933. The van der Waals surface area contributed by atoms with Crippen molar-refractivity contribution in [2.24, 2.45) is 0 Å². The van der Waals surface area contributed by atoms with Gasteiger partial charge in [-0.3, -0.25) is 19.6 Å². The Morgan fingerprint density at radius 3 is 2.06 bits per heavy atom. The second-order valence-electron chi connectivity index (χ2n) is 3.52. The van der Waals surface area contributed by atoms with Gasteiger partial charge in [0, 0.05) is 6.20 Å². The fourth-order valence-corrected chi connectivity index (χ4v) is 1.34. The number of ether oxygens (including phenoxy) is 2. The Kier molecular flexibility index (Phi) is 5.23. The average Bonchev–Trinajstić information content (AvgIpc) is 2.33. The molecular weight excluding hydrogens is 236 g/mol. The Morgan fingerprint density at radius 1 is 1.11 bits per heavy atom. The first-order valence-electron chi connectivity index (χ1n) is 5.72. The number of aryl methyl sites for hydroxylation is 1. The number of hydrogen-bond acceptors (Lipinski definition) is 6. The van der Waals surface area contributed by atoms with Gasteiger partial charge in [-0.1, -0.05) is 0 Å². The summed E-state index contributed by atoms with van der Waals surface area (Å²) in [5, 5.41) is 0.